The second-order valence-corrected chi connectivity index (χ2v) is 4.48. The number of nitrogens with one attached hydrogen (secondary N) is 1. The minimum absolute atomic E-state index is 0. The quantitative estimate of drug-likeness (QED) is 0.412. The molecule has 0 aromatic carbocycles. The van der Waals surface area contributed by atoms with E-state index >= 15 is 0 Å². The molecule has 0 amide bonds. The molecule has 0 rings (SSSR count). The van der Waals surface area contributed by atoms with E-state index in [1.807, 2.05) is 0 Å². The van der Waals surface area contributed by atoms with Crippen molar-refractivity contribution in [2.75, 3.05) is 0 Å². The average Bonchev–Trinajstić information content (AvgIpc) is 1.52. The molecule has 0 atom stereocenters. The third-order valence-electron chi connectivity index (χ3n) is 0.514. The third kappa shape index (κ3) is 6.67. The van der Waals surface area contributed by atoms with Crippen molar-refractivity contribution < 1.29 is 104 Å². The summed E-state index contributed by atoms with van der Waals surface area (Å²) >= 11 is 0. The van der Waals surface area contributed by atoms with Gasteiger partial charge in [-0.3, -0.25) is 0 Å². The Balaban J connectivity index is -0.000000605. The first kappa shape index (κ1) is 17.0. The molecule has 76 valence electrons. The molecular weight excluding hydrogens is 363 g/mol. The molecule has 5 nitrogen and oxygen atoms in total. The number of halogens is 4. The zero-order valence-electron chi connectivity index (χ0n) is 6.96. The Morgan fingerprint density at radius 1 is 1.08 bits per heavy atom. The summed E-state index contributed by atoms with van der Waals surface area (Å²) in [5.41, 5.74) is -5.86. The molecule has 12 heteroatoms. The Morgan fingerprint density at radius 3 is 1.46 bits per heavy atom. The maximum Gasteiger partial charge on any atom is 1.00 e. The van der Waals surface area contributed by atoms with E-state index in [4.69, 9.17) is 0 Å². The zero-order valence-corrected chi connectivity index (χ0v) is 13.9. The molecule has 0 bridgehead atoms. The van der Waals surface area contributed by atoms with Gasteiger partial charge in [-0.05, 0) is 0 Å². The van der Waals surface area contributed by atoms with Gasteiger partial charge in [0.2, 0.25) is 0 Å². The molecule has 0 aliphatic rings. The molecule has 0 fully saturated rings. The number of hydrogen-bond donors (Lipinski definition) is 1. The van der Waals surface area contributed by atoms with E-state index in [0.29, 0.717) is 0 Å². The summed E-state index contributed by atoms with van der Waals surface area (Å²) in [7, 11) is -12.1. The molecule has 0 unspecified atom stereocenters. The summed E-state index contributed by atoms with van der Waals surface area (Å²) < 4.78 is 83.5. The largest absolute Gasteiger partial charge is 1.00 e. The van der Waals surface area contributed by atoms with E-state index in [9.17, 15) is 33.9 Å². The molecule has 0 saturated carbocycles. The Morgan fingerprint density at radius 2 is 1.38 bits per heavy atom. The van der Waals surface area contributed by atoms with Crippen LogP contribution in [-0.2, 0) is 20.4 Å². The fourth-order valence-corrected chi connectivity index (χ4v) is 1.60. The summed E-state index contributed by atoms with van der Waals surface area (Å²) in [6, 6.07) is 0. The molecule has 0 aliphatic heterocycles. The topological polar surface area (TPSA) is 80.3 Å². The van der Waals surface area contributed by atoms with Crippen LogP contribution >= 0.6 is 0 Å². The predicted molar refractivity (Wildman–Crippen MR) is 29.3 cm³/mol. The molecule has 0 saturated heterocycles. The molecule has 0 aliphatic carbocycles. The average molecular weight is 365 g/mol. The number of hydrogen-bond acceptors (Lipinski definition) is 4. The molecule has 0 aromatic heterocycles. The van der Waals surface area contributed by atoms with Gasteiger partial charge in [-0.15, -0.1) is 0 Å². The molecule has 1 N–H and O–H groups in total. The van der Waals surface area contributed by atoms with Gasteiger partial charge in [0.15, 0.2) is 0 Å². The van der Waals surface area contributed by atoms with Gasteiger partial charge in [0.05, 0.1) is 0 Å². The standard InChI is InChI=1S/CHF4NO4S2.Cs.H/c2-1(3,4)11(7,8)6-12(5,9)10;;/h6H;;/q;+1;-1. The van der Waals surface area contributed by atoms with Crippen molar-refractivity contribution >= 4 is 20.4 Å². The van der Waals surface area contributed by atoms with Crippen molar-refractivity contribution in [1.82, 2.24) is 4.13 Å². The second-order valence-electron chi connectivity index (χ2n) is 1.47. The van der Waals surface area contributed by atoms with E-state index < -0.39 is 25.9 Å². The smallest absolute Gasteiger partial charge is 1.00 e. The second kappa shape index (κ2) is 5.11. The van der Waals surface area contributed by atoms with Crippen LogP contribution in [0.2, 0.25) is 0 Å². The number of alkyl halides is 3. The first-order valence-corrected chi connectivity index (χ1v) is 4.87. The van der Waals surface area contributed by atoms with Crippen molar-refractivity contribution in [2.45, 2.75) is 5.51 Å². The van der Waals surface area contributed by atoms with Gasteiger partial charge in [0.1, 0.15) is 0 Å². The van der Waals surface area contributed by atoms with E-state index in [2.05, 4.69) is 0 Å². The van der Waals surface area contributed by atoms with Crippen molar-refractivity contribution in [3.05, 3.63) is 0 Å². The Kier molecular flexibility index (Phi) is 6.70. The predicted octanol–water partition coefficient (Wildman–Crippen LogP) is -3.24. The van der Waals surface area contributed by atoms with Crippen LogP contribution in [0.1, 0.15) is 1.43 Å². The number of rotatable bonds is 2. The fourth-order valence-electron chi connectivity index (χ4n) is 0.178. The normalized spacial score (nSPS) is 13.5. The van der Waals surface area contributed by atoms with Crippen LogP contribution in [0.5, 0.6) is 0 Å². The summed E-state index contributed by atoms with van der Waals surface area (Å²) in [5, 5.41) is 0. The summed E-state index contributed by atoms with van der Waals surface area (Å²) in [6.45, 7) is 0. The molecule has 0 heterocycles. The first-order chi connectivity index (χ1) is 4.96. The van der Waals surface area contributed by atoms with Crippen LogP contribution in [0.4, 0.5) is 17.1 Å². The first-order valence-electron chi connectivity index (χ1n) is 2.00. The molecular formula is CH2CsF4NO4S2. The monoisotopic (exact) mass is 365 g/mol. The van der Waals surface area contributed by atoms with E-state index in [0.717, 1.165) is 0 Å². The van der Waals surface area contributed by atoms with E-state index in [1.165, 1.54) is 0 Å². The molecule has 0 spiro atoms. The van der Waals surface area contributed by atoms with Crippen LogP contribution < -0.4 is 73.0 Å². The van der Waals surface area contributed by atoms with Gasteiger partial charge >= 0.3 is 94.8 Å². The third-order valence-corrected chi connectivity index (χ3v) is 2.80. The van der Waals surface area contributed by atoms with Crippen LogP contribution in [0.3, 0.4) is 0 Å². The summed E-state index contributed by atoms with van der Waals surface area (Å²) in [5.74, 6) is 0. The zero-order chi connectivity index (χ0) is 10.2. The minimum Gasteiger partial charge on any atom is -1.00 e. The van der Waals surface area contributed by atoms with Gasteiger partial charge in [0, 0.05) is 0 Å². The summed E-state index contributed by atoms with van der Waals surface area (Å²) in [6.07, 6.45) is 0. The maximum absolute atomic E-state index is 11.4. The van der Waals surface area contributed by atoms with Crippen molar-refractivity contribution in [1.29, 1.82) is 0 Å². The number of sulfonamides is 1. The van der Waals surface area contributed by atoms with Crippen molar-refractivity contribution in [3.8, 4) is 0 Å². The van der Waals surface area contributed by atoms with E-state index in [-0.39, 0.29) is 74.4 Å². The Labute approximate surface area is 132 Å². The van der Waals surface area contributed by atoms with Gasteiger partial charge in [0.25, 0.3) is 0 Å². The summed E-state index contributed by atoms with van der Waals surface area (Å²) in [4.78, 5) is 0. The van der Waals surface area contributed by atoms with Gasteiger partial charge in [-0.25, -0.2) is 8.42 Å². The van der Waals surface area contributed by atoms with Crippen LogP contribution in [0, 0.1) is 0 Å². The maximum atomic E-state index is 11.4. The van der Waals surface area contributed by atoms with Crippen molar-refractivity contribution in [3.63, 3.8) is 0 Å². The Hall–Kier alpha value is 1.63. The van der Waals surface area contributed by atoms with Crippen LogP contribution in [-0.4, -0.2) is 22.3 Å². The minimum atomic E-state index is -6.17. The van der Waals surface area contributed by atoms with Crippen LogP contribution in [0.25, 0.3) is 0 Å². The van der Waals surface area contributed by atoms with E-state index in [1.54, 1.807) is 0 Å². The van der Waals surface area contributed by atoms with Gasteiger partial charge in [-0.2, -0.15) is 21.6 Å². The Bertz CT molecular complexity index is 359. The molecule has 0 radical (unpaired) electrons. The van der Waals surface area contributed by atoms with Gasteiger partial charge in [-0.1, -0.05) is 8.01 Å². The van der Waals surface area contributed by atoms with Crippen molar-refractivity contribution in [2.24, 2.45) is 0 Å². The SMILES string of the molecule is O=S(=O)(F)NS(=O)(=O)C(F)(F)F.[Cs+].[H-]. The van der Waals surface area contributed by atoms with Gasteiger partial charge < -0.3 is 1.43 Å². The molecule has 0 aromatic rings. The molecule has 13 heavy (non-hydrogen) atoms. The fraction of sp³-hybridized carbons (Fsp3) is 1.00. The van der Waals surface area contributed by atoms with Crippen LogP contribution in [0.15, 0.2) is 0 Å².